The van der Waals surface area contributed by atoms with Crippen molar-refractivity contribution >= 4 is 5.69 Å². The van der Waals surface area contributed by atoms with Crippen LogP contribution in [-0.4, -0.2) is 6.54 Å². The summed E-state index contributed by atoms with van der Waals surface area (Å²) in [4.78, 5) is 0. The van der Waals surface area contributed by atoms with E-state index in [0.29, 0.717) is 0 Å². The number of para-hydroxylation sites is 1. The van der Waals surface area contributed by atoms with Gasteiger partial charge in [-0.15, -0.1) is 0 Å². The van der Waals surface area contributed by atoms with Crippen LogP contribution in [0.25, 0.3) is 0 Å². The smallest absolute Gasteiger partial charge is 0.0397 e. The Morgan fingerprint density at radius 1 is 1.06 bits per heavy atom. The molecule has 1 nitrogen and oxygen atoms in total. The lowest BCUT2D eigenvalue weighted by Crippen LogP contribution is -2.04. The van der Waals surface area contributed by atoms with Gasteiger partial charge in [0.15, 0.2) is 0 Å². The van der Waals surface area contributed by atoms with E-state index < -0.39 is 0 Å². The molecule has 2 rings (SSSR count). The molecule has 0 heterocycles. The second-order valence-electron chi connectivity index (χ2n) is 3.48. The normalized spacial score (nSPS) is 13.5. The molecule has 1 aliphatic rings. The molecule has 0 unspecified atom stereocenters. The molecule has 1 N–H and O–H groups in total. The Hall–Kier alpha value is -1.50. The molecule has 86 valence electrons. The highest BCUT2D eigenvalue weighted by Crippen LogP contribution is 2.11. The number of nitrogens with one attached hydrogen (secondary N) is 1. The minimum Gasteiger partial charge on any atom is -0.381 e. The van der Waals surface area contributed by atoms with E-state index in [1.165, 1.54) is 24.1 Å². The van der Waals surface area contributed by atoms with Crippen molar-refractivity contribution in [3.63, 3.8) is 0 Å². The molecule has 16 heavy (non-hydrogen) atoms. The van der Waals surface area contributed by atoms with Crippen LogP contribution in [-0.2, 0) is 0 Å². The van der Waals surface area contributed by atoms with E-state index in [1.807, 2.05) is 32.0 Å². The standard InChI is InChI=1S/C13H15N.C2H6/c1-3-7-12(8-4-1)11-14-13-9-5-2-6-10-13;1-2/h2-3,5-10,14H,1,4,11H2;1-2H3. The summed E-state index contributed by atoms with van der Waals surface area (Å²) in [6.45, 7) is 4.93. The van der Waals surface area contributed by atoms with Crippen LogP contribution in [0.3, 0.4) is 0 Å². The minimum absolute atomic E-state index is 0.931. The van der Waals surface area contributed by atoms with Crippen molar-refractivity contribution in [1.29, 1.82) is 0 Å². The van der Waals surface area contributed by atoms with Gasteiger partial charge in [-0.3, -0.25) is 0 Å². The molecule has 0 atom stereocenters. The first-order valence-electron chi connectivity index (χ1n) is 6.09. The van der Waals surface area contributed by atoms with Crippen molar-refractivity contribution in [2.24, 2.45) is 0 Å². The number of benzene rings is 1. The van der Waals surface area contributed by atoms with Gasteiger partial charge in [0.1, 0.15) is 0 Å². The van der Waals surface area contributed by atoms with E-state index in [-0.39, 0.29) is 0 Å². The Kier molecular flexibility index (Phi) is 6.09. The molecule has 0 spiro atoms. The number of hydrogen-bond acceptors (Lipinski definition) is 1. The molecular weight excluding hydrogens is 194 g/mol. The van der Waals surface area contributed by atoms with Crippen LogP contribution in [0.5, 0.6) is 0 Å². The first-order valence-corrected chi connectivity index (χ1v) is 6.09. The minimum atomic E-state index is 0.931. The lowest BCUT2D eigenvalue weighted by molar-refractivity contribution is 1.00. The molecule has 1 aromatic carbocycles. The Labute approximate surface area is 98.9 Å². The lowest BCUT2D eigenvalue weighted by atomic mass is 10.1. The quantitative estimate of drug-likeness (QED) is 0.788. The fourth-order valence-corrected chi connectivity index (χ4v) is 1.56. The average molecular weight is 215 g/mol. The molecular formula is C15H21N. The lowest BCUT2D eigenvalue weighted by Gasteiger charge is -2.09. The van der Waals surface area contributed by atoms with E-state index in [2.05, 4.69) is 35.7 Å². The summed E-state index contributed by atoms with van der Waals surface area (Å²) in [6.07, 6.45) is 9.12. The van der Waals surface area contributed by atoms with Crippen molar-refractivity contribution < 1.29 is 0 Å². The van der Waals surface area contributed by atoms with E-state index in [1.54, 1.807) is 0 Å². The number of allylic oxidation sites excluding steroid dienone is 2. The highest BCUT2D eigenvalue weighted by molar-refractivity contribution is 5.44. The van der Waals surface area contributed by atoms with Crippen LogP contribution in [0.15, 0.2) is 54.1 Å². The van der Waals surface area contributed by atoms with Crippen LogP contribution in [0.1, 0.15) is 26.7 Å². The summed E-state index contributed by atoms with van der Waals surface area (Å²) in [5.74, 6) is 0. The van der Waals surface area contributed by atoms with Gasteiger partial charge in [-0.05, 0) is 30.5 Å². The van der Waals surface area contributed by atoms with Crippen LogP contribution < -0.4 is 5.32 Å². The SMILES string of the molecule is C1=CC(CNc2ccccc2)=CCC1.CC. The van der Waals surface area contributed by atoms with Gasteiger partial charge in [-0.1, -0.05) is 50.3 Å². The summed E-state index contributed by atoms with van der Waals surface area (Å²) in [5, 5.41) is 3.39. The van der Waals surface area contributed by atoms with Crippen molar-refractivity contribution in [2.75, 3.05) is 11.9 Å². The summed E-state index contributed by atoms with van der Waals surface area (Å²) >= 11 is 0. The first kappa shape index (κ1) is 12.6. The topological polar surface area (TPSA) is 12.0 Å². The van der Waals surface area contributed by atoms with E-state index in [0.717, 1.165) is 6.54 Å². The zero-order valence-corrected chi connectivity index (χ0v) is 10.2. The predicted octanol–water partition coefficient (Wildman–Crippen LogP) is 4.40. The Balaban J connectivity index is 0.000000606. The van der Waals surface area contributed by atoms with Gasteiger partial charge in [0.25, 0.3) is 0 Å². The molecule has 0 saturated heterocycles. The fraction of sp³-hybridized carbons (Fsp3) is 0.333. The largest absolute Gasteiger partial charge is 0.381 e. The summed E-state index contributed by atoms with van der Waals surface area (Å²) in [7, 11) is 0. The molecule has 1 heteroatoms. The zero-order chi connectivity index (χ0) is 11.6. The third kappa shape index (κ3) is 4.35. The third-order valence-corrected chi connectivity index (χ3v) is 2.34. The summed E-state index contributed by atoms with van der Waals surface area (Å²) < 4.78 is 0. The van der Waals surface area contributed by atoms with Gasteiger partial charge in [-0.25, -0.2) is 0 Å². The van der Waals surface area contributed by atoms with Crippen LogP contribution >= 0.6 is 0 Å². The third-order valence-electron chi connectivity index (χ3n) is 2.34. The number of anilines is 1. The maximum Gasteiger partial charge on any atom is 0.0397 e. The van der Waals surface area contributed by atoms with Crippen LogP contribution in [0.4, 0.5) is 5.69 Å². The van der Waals surface area contributed by atoms with E-state index in [4.69, 9.17) is 0 Å². The monoisotopic (exact) mass is 215 g/mol. The summed E-state index contributed by atoms with van der Waals surface area (Å²) in [5.41, 5.74) is 2.58. The first-order chi connectivity index (χ1) is 7.95. The average Bonchev–Trinajstić information content (AvgIpc) is 2.41. The Bertz CT molecular complexity index is 336. The van der Waals surface area contributed by atoms with Gasteiger partial charge in [0, 0.05) is 12.2 Å². The van der Waals surface area contributed by atoms with Crippen molar-refractivity contribution in [2.45, 2.75) is 26.7 Å². The van der Waals surface area contributed by atoms with Crippen LogP contribution in [0, 0.1) is 0 Å². The second-order valence-corrected chi connectivity index (χ2v) is 3.48. The number of hydrogen-bond donors (Lipinski definition) is 1. The molecule has 1 aliphatic carbocycles. The molecule has 0 aliphatic heterocycles. The molecule has 1 aromatic rings. The second kappa shape index (κ2) is 7.75. The van der Waals surface area contributed by atoms with Crippen molar-refractivity contribution in [3.8, 4) is 0 Å². The highest BCUT2D eigenvalue weighted by Gasteiger charge is 1.96. The molecule has 0 radical (unpaired) electrons. The van der Waals surface area contributed by atoms with Gasteiger partial charge in [0.2, 0.25) is 0 Å². The van der Waals surface area contributed by atoms with Gasteiger partial charge in [0.05, 0.1) is 0 Å². The van der Waals surface area contributed by atoms with Crippen molar-refractivity contribution in [3.05, 3.63) is 54.1 Å². The zero-order valence-electron chi connectivity index (χ0n) is 10.2. The van der Waals surface area contributed by atoms with Gasteiger partial charge < -0.3 is 5.32 Å². The highest BCUT2D eigenvalue weighted by atomic mass is 14.9. The van der Waals surface area contributed by atoms with Gasteiger partial charge in [-0.2, -0.15) is 0 Å². The maximum absolute atomic E-state index is 3.39. The van der Waals surface area contributed by atoms with E-state index >= 15 is 0 Å². The molecule has 0 saturated carbocycles. The Morgan fingerprint density at radius 2 is 1.81 bits per heavy atom. The van der Waals surface area contributed by atoms with Crippen molar-refractivity contribution in [1.82, 2.24) is 0 Å². The molecule has 0 aromatic heterocycles. The van der Waals surface area contributed by atoms with Gasteiger partial charge >= 0.3 is 0 Å². The Morgan fingerprint density at radius 3 is 2.44 bits per heavy atom. The fourth-order valence-electron chi connectivity index (χ4n) is 1.56. The maximum atomic E-state index is 3.39. The summed E-state index contributed by atoms with van der Waals surface area (Å²) in [6, 6.07) is 10.3. The number of rotatable bonds is 3. The van der Waals surface area contributed by atoms with Crippen LogP contribution in [0.2, 0.25) is 0 Å². The molecule has 0 amide bonds. The molecule has 0 bridgehead atoms. The predicted molar refractivity (Wildman–Crippen MR) is 72.7 cm³/mol. The van der Waals surface area contributed by atoms with E-state index in [9.17, 15) is 0 Å². The molecule has 0 fully saturated rings.